The highest BCUT2D eigenvalue weighted by molar-refractivity contribution is 5.70. The van der Waals surface area contributed by atoms with Crippen LogP contribution in [0.5, 0.6) is 0 Å². The maximum Gasteiger partial charge on any atom is 0.177 e. The summed E-state index contributed by atoms with van der Waals surface area (Å²) in [5, 5.41) is 7.86. The van der Waals surface area contributed by atoms with E-state index in [0.29, 0.717) is 23.8 Å². The first-order valence-corrected chi connectivity index (χ1v) is 7.87. The van der Waals surface area contributed by atoms with Crippen LogP contribution in [-0.4, -0.2) is 26.7 Å². The monoisotopic (exact) mass is 286 g/mol. The molecule has 2 aliphatic carbocycles. The van der Waals surface area contributed by atoms with Gasteiger partial charge in [-0.05, 0) is 38.5 Å². The van der Waals surface area contributed by atoms with Gasteiger partial charge < -0.3 is 16.8 Å². The molecule has 2 heterocycles. The molecular weight excluding hydrogens is 264 g/mol. The third-order valence-electron chi connectivity index (χ3n) is 4.59. The van der Waals surface area contributed by atoms with Gasteiger partial charge in [-0.15, -0.1) is 5.10 Å². The molecule has 6 nitrogen and oxygen atoms in total. The molecule has 6 heteroatoms. The highest BCUT2D eigenvalue weighted by Gasteiger charge is 2.25. The fourth-order valence-electron chi connectivity index (χ4n) is 3.18. The number of imidazole rings is 1. The van der Waals surface area contributed by atoms with Crippen molar-refractivity contribution in [1.82, 2.24) is 14.6 Å². The minimum Gasteiger partial charge on any atom is -0.382 e. The molecule has 2 aromatic rings. The largest absolute Gasteiger partial charge is 0.382 e. The van der Waals surface area contributed by atoms with Gasteiger partial charge in [0.25, 0.3) is 0 Å². The van der Waals surface area contributed by atoms with E-state index in [1.54, 1.807) is 0 Å². The second kappa shape index (κ2) is 4.87. The molecule has 0 bridgehead atoms. The van der Waals surface area contributed by atoms with Gasteiger partial charge in [-0.3, -0.25) is 0 Å². The van der Waals surface area contributed by atoms with Gasteiger partial charge in [0.1, 0.15) is 5.82 Å². The fourth-order valence-corrected chi connectivity index (χ4v) is 3.18. The van der Waals surface area contributed by atoms with Crippen molar-refractivity contribution in [3.8, 4) is 0 Å². The Bertz CT molecular complexity index is 651. The predicted octanol–water partition coefficient (Wildman–Crippen LogP) is 1.87. The second-order valence-corrected chi connectivity index (χ2v) is 6.45. The summed E-state index contributed by atoms with van der Waals surface area (Å²) in [4.78, 5) is 4.82. The van der Waals surface area contributed by atoms with Crippen LogP contribution in [0.4, 0.5) is 11.5 Å². The van der Waals surface area contributed by atoms with E-state index < -0.39 is 0 Å². The zero-order chi connectivity index (χ0) is 14.4. The van der Waals surface area contributed by atoms with Gasteiger partial charge in [0.2, 0.25) is 0 Å². The van der Waals surface area contributed by atoms with Crippen LogP contribution in [0.2, 0.25) is 0 Å². The van der Waals surface area contributed by atoms with Crippen molar-refractivity contribution in [2.45, 2.75) is 56.5 Å². The van der Waals surface area contributed by atoms with Crippen LogP contribution in [0, 0.1) is 0 Å². The summed E-state index contributed by atoms with van der Waals surface area (Å²) in [5.74, 6) is 1.03. The Kier molecular flexibility index (Phi) is 2.99. The van der Waals surface area contributed by atoms with E-state index in [2.05, 4.69) is 10.4 Å². The van der Waals surface area contributed by atoms with Gasteiger partial charge >= 0.3 is 0 Å². The summed E-state index contributed by atoms with van der Waals surface area (Å²) < 4.78 is 1.82. The van der Waals surface area contributed by atoms with Crippen molar-refractivity contribution in [2.24, 2.45) is 5.73 Å². The molecule has 2 fully saturated rings. The summed E-state index contributed by atoms with van der Waals surface area (Å²) >= 11 is 0. The third-order valence-corrected chi connectivity index (χ3v) is 4.59. The van der Waals surface area contributed by atoms with Crippen LogP contribution in [0.15, 0.2) is 12.3 Å². The first-order chi connectivity index (χ1) is 10.2. The van der Waals surface area contributed by atoms with Crippen LogP contribution in [0.25, 0.3) is 5.65 Å². The molecule has 0 spiro atoms. The van der Waals surface area contributed by atoms with Crippen LogP contribution in [0.3, 0.4) is 0 Å². The maximum absolute atomic E-state index is 5.99. The Balaban J connectivity index is 1.68. The normalized spacial score (nSPS) is 26.1. The number of nitrogens with two attached hydrogens (primary N) is 2. The molecule has 0 aliphatic heterocycles. The number of anilines is 2. The van der Waals surface area contributed by atoms with Crippen LogP contribution in [-0.2, 0) is 0 Å². The smallest absolute Gasteiger partial charge is 0.177 e. The van der Waals surface area contributed by atoms with Crippen LogP contribution < -0.4 is 16.8 Å². The highest BCUT2D eigenvalue weighted by atomic mass is 15.3. The Morgan fingerprint density at radius 3 is 2.62 bits per heavy atom. The molecule has 0 radical (unpaired) electrons. The van der Waals surface area contributed by atoms with E-state index in [1.807, 2.05) is 16.8 Å². The number of hydrogen-bond acceptors (Lipinski definition) is 5. The Labute approximate surface area is 123 Å². The Hall–Kier alpha value is -1.82. The number of nitrogens with one attached hydrogen (secondary N) is 1. The van der Waals surface area contributed by atoms with Crippen molar-refractivity contribution < 1.29 is 0 Å². The SMILES string of the molecule is Nc1cc(NC2CC2)c2nc([C@H]3CC[C@H](N)CC3)cn2n1. The number of aromatic nitrogens is 3. The molecule has 0 aromatic carbocycles. The number of hydrogen-bond donors (Lipinski definition) is 3. The van der Waals surface area contributed by atoms with E-state index in [4.69, 9.17) is 16.5 Å². The van der Waals surface area contributed by atoms with Crippen molar-refractivity contribution in [1.29, 1.82) is 0 Å². The number of nitrogens with zero attached hydrogens (tertiary/aromatic N) is 3. The van der Waals surface area contributed by atoms with E-state index in [-0.39, 0.29) is 0 Å². The summed E-state index contributed by atoms with van der Waals surface area (Å²) in [6.45, 7) is 0. The van der Waals surface area contributed by atoms with Crippen molar-refractivity contribution in [3.63, 3.8) is 0 Å². The third kappa shape index (κ3) is 2.55. The lowest BCUT2D eigenvalue weighted by Gasteiger charge is -2.24. The molecule has 2 aliphatic rings. The predicted molar refractivity (Wildman–Crippen MR) is 83.2 cm³/mol. The van der Waals surface area contributed by atoms with E-state index in [1.165, 1.54) is 12.8 Å². The molecule has 112 valence electrons. The molecule has 0 atom stereocenters. The van der Waals surface area contributed by atoms with Crippen molar-refractivity contribution >= 4 is 17.2 Å². The molecule has 2 saturated carbocycles. The van der Waals surface area contributed by atoms with E-state index >= 15 is 0 Å². The van der Waals surface area contributed by atoms with E-state index in [0.717, 1.165) is 42.7 Å². The van der Waals surface area contributed by atoms with Gasteiger partial charge in [0, 0.05) is 24.1 Å². The molecule has 21 heavy (non-hydrogen) atoms. The lowest BCUT2D eigenvalue weighted by atomic mass is 9.85. The number of fused-ring (bicyclic) bond motifs is 1. The Morgan fingerprint density at radius 1 is 1.14 bits per heavy atom. The molecule has 0 unspecified atom stereocenters. The summed E-state index contributed by atoms with van der Waals surface area (Å²) in [7, 11) is 0. The van der Waals surface area contributed by atoms with Gasteiger partial charge in [-0.25, -0.2) is 9.50 Å². The summed E-state index contributed by atoms with van der Waals surface area (Å²) in [6.07, 6.45) is 8.89. The zero-order valence-corrected chi connectivity index (χ0v) is 12.1. The van der Waals surface area contributed by atoms with Crippen molar-refractivity contribution in [3.05, 3.63) is 18.0 Å². The maximum atomic E-state index is 5.99. The number of rotatable bonds is 3. The van der Waals surface area contributed by atoms with Crippen molar-refractivity contribution in [2.75, 3.05) is 11.1 Å². The van der Waals surface area contributed by atoms with Gasteiger partial charge in [-0.2, -0.15) is 0 Å². The summed E-state index contributed by atoms with van der Waals surface area (Å²) in [6, 6.07) is 2.82. The molecular formula is C15H22N6. The van der Waals surface area contributed by atoms with Crippen LogP contribution in [0.1, 0.15) is 50.1 Å². The van der Waals surface area contributed by atoms with Gasteiger partial charge in [0.05, 0.1) is 17.6 Å². The highest BCUT2D eigenvalue weighted by Crippen LogP contribution is 2.33. The second-order valence-electron chi connectivity index (χ2n) is 6.45. The van der Waals surface area contributed by atoms with E-state index in [9.17, 15) is 0 Å². The first kappa shape index (κ1) is 12.9. The molecule has 0 amide bonds. The number of nitrogen functional groups attached to an aromatic ring is 1. The zero-order valence-electron chi connectivity index (χ0n) is 12.1. The average Bonchev–Trinajstić information content (AvgIpc) is 3.16. The summed E-state index contributed by atoms with van der Waals surface area (Å²) in [5.41, 5.74) is 14.9. The Morgan fingerprint density at radius 2 is 1.90 bits per heavy atom. The lowest BCUT2D eigenvalue weighted by Crippen LogP contribution is -2.25. The fraction of sp³-hybridized carbons (Fsp3) is 0.600. The lowest BCUT2D eigenvalue weighted by molar-refractivity contribution is 0.391. The molecule has 0 saturated heterocycles. The van der Waals surface area contributed by atoms with Crippen LogP contribution >= 0.6 is 0 Å². The van der Waals surface area contributed by atoms with Gasteiger partial charge in [0.15, 0.2) is 5.65 Å². The first-order valence-electron chi connectivity index (χ1n) is 7.87. The molecule has 2 aromatic heterocycles. The van der Waals surface area contributed by atoms with Gasteiger partial charge in [-0.1, -0.05) is 0 Å². The molecule has 5 N–H and O–H groups in total. The minimum absolute atomic E-state index is 0.360. The minimum atomic E-state index is 0.360. The topological polar surface area (TPSA) is 94.3 Å². The standard InChI is InChI=1S/C15H22N6/c16-10-3-1-9(2-4-10)13-8-21-15(19-13)12(7-14(17)20-21)18-11-5-6-11/h7-11,18H,1-6,16H2,(H2,17,20)/t9-,10-. The molecule has 4 rings (SSSR count). The quantitative estimate of drug-likeness (QED) is 0.800. The average molecular weight is 286 g/mol.